The average Bonchev–Trinajstić information content (AvgIpc) is 3.39. The molecular formula is C25H20FN3O4S. The van der Waals surface area contributed by atoms with E-state index in [4.69, 9.17) is 9.47 Å². The predicted octanol–water partition coefficient (Wildman–Crippen LogP) is 5.23. The Morgan fingerprint density at radius 2 is 1.65 bits per heavy atom. The molecule has 1 heterocycles. The van der Waals surface area contributed by atoms with E-state index in [2.05, 4.69) is 15.6 Å². The largest absolute Gasteiger partial charge is 0.493 e. The van der Waals surface area contributed by atoms with Crippen molar-refractivity contribution in [2.45, 2.75) is 0 Å². The summed E-state index contributed by atoms with van der Waals surface area (Å²) in [7, 11) is 1.44. The van der Waals surface area contributed by atoms with Gasteiger partial charge in [0.15, 0.2) is 18.1 Å². The second kappa shape index (κ2) is 10.6. The third-order valence-electron chi connectivity index (χ3n) is 4.73. The van der Waals surface area contributed by atoms with Crippen LogP contribution in [-0.4, -0.2) is 30.5 Å². The van der Waals surface area contributed by atoms with Crippen LogP contribution in [0.3, 0.4) is 0 Å². The van der Waals surface area contributed by atoms with Gasteiger partial charge >= 0.3 is 0 Å². The van der Waals surface area contributed by atoms with Crippen LogP contribution in [0.15, 0.2) is 78.3 Å². The van der Waals surface area contributed by atoms with Crippen LogP contribution in [0.4, 0.5) is 15.8 Å². The number of rotatable bonds is 8. The number of amides is 2. The summed E-state index contributed by atoms with van der Waals surface area (Å²) in [5, 5.41) is 8.26. The quantitative estimate of drug-likeness (QED) is 0.363. The molecule has 4 rings (SSSR count). The second-order valence-corrected chi connectivity index (χ2v) is 7.97. The summed E-state index contributed by atoms with van der Waals surface area (Å²) in [4.78, 5) is 29.1. The van der Waals surface area contributed by atoms with E-state index < -0.39 is 11.7 Å². The average molecular weight is 478 g/mol. The van der Waals surface area contributed by atoms with Gasteiger partial charge in [0.2, 0.25) is 0 Å². The fourth-order valence-electron chi connectivity index (χ4n) is 3.07. The van der Waals surface area contributed by atoms with Crippen LogP contribution < -0.4 is 20.1 Å². The number of hydrogen-bond donors (Lipinski definition) is 2. The zero-order valence-electron chi connectivity index (χ0n) is 18.1. The summed E-state index contributed by atoms with van der Waals surface area (Å²) < 4.78 is 23.8. The summed E-state index contributed by atoms with van der Waals surface area (Å²) in [5.41, 5.74) is 2.43. The minimum Gasteiger partial charge on any atom is -0.493 e. The van der Waals surface area contributed by atoms with Gasteiger partial charge in [-0.05, 0) is 66.7 Å². The Bertz CT molecular complexity index is 1280. The molecule has 0 unspecified atom stereocenters. The lowest BCUT2D eigenvalue weighted by atomic mass is 10.1. The van der Waals surface area contributed by atoms with Crippen LogP contribution in [0.25, 0.3) is 10.6 Å². The van der Waals surface area contributed by atoms with Gasteiger partial charge in [-0.15, -0.1) is 11.3 Å². The van der Waals surface area contributed by atoms with Crippen LogP contribution in [0.1, 0.15) is 10.4 Å². The zero-order valence-corrected chi connectivity index (χ0v) is 18.9. The van der Waals surface area contributed by atoms with Crippen LogP contribution in [0, 0.1) is 5.82 Å². The number of benzene rings is 3. The van der Waals surface area contributed by atoms with Crippen molar-refractivity contribution in [2.24, 2.45) is 0 Å². The van der Waals surface area contributed by atoms with Gasteiger partial charge in [0.25, 0.3) is 11.8 Å². The molecule has 0 saturated heterocycles. The fraction of sp³-hybridized carbons (Fsp3) is 0.0800. The Hall–Kier alpha value is -4.24. The van der Waals surface area contributed by atoms with Gasteiger partial charge in [-0.25, -0.2) is 9.37 Å². The van der Waals surface area contributed by atoms with Crippen LogP contribution >= 0.6 is 11.3 Å². The second-order valence-electron chi connectivity index (χ2n) is 7.08. The lowest BCUT2D eigenvalue weighted by molar-refractivity contribution is -0.118. The summed E-state index contributed by atoms with van der Waals surface area (Å²) >= 11 is 1.54. The number of methoxy groups -OCH3 is 1. The fourth-order valence-corrected chi connectivity index (χ4v) is 3.71. The molecule has 0 fully saturated rings. The van der Waals surface area contributed by atoms with Crippen molar-refractivity contribution in [3.63, 3.8) is 0 Å². The number of nitrogens with one attached hydrogen (secondary N) is 2. The Labute approximate surface area is 199 Å². The Morgan fingerprint density at radius 3 is 2.32 bits per heavy atom. The first-order valence-corrected chi connectivity index (χ1v) is 11.1. The highest BCUT2D eigenvalue weighted by Gasteiger charge is 2.13. The normalized spacial score (nSPS) is 10.4. The van der Waals surface area contributed by atoms with Gasteiger partial charge < -0.3 is 20.1 Å². The standard InChI is InChI=1S/C25H20FN3O4S/c1-32-22-14-17(24(31)29-20-7-2-16(3-8-20)25-27-12-13-34-25)4-11-21(22)33-15-23(30)28-19-9-5-18(26)6-10-19/h2-14H,15H2,1H3,(H,28,30)(H,29,31). The minimum absolute atomic E-state index is 0.287. The molecule has 0 aliphatic rings. The van der Waals surface area contributed by atoms with E-state index in [0.717, 1.165) is 10.6 Å². The van der Waals surface area contributed by atoms with Crippen molar-refractivity contribution >= 4 is 34.5 Å². The van der Waals surface area contributed by atoms with Crippen LogP contribution in [-0.2, 0) is 4.79 Å². The molecular weight excluding hydrogens is 457 g/mol. The number of anilines is 2. The maximum absolute atomic E-state index is 13.0. The van der Waals surface area contributed by atoms with Gasteiger partial charge in [0, 0.05) is 34.1 Å². The van der Waals surface area contributed by atoms with Gasteiger partial charge in [0.1, 0.15) is 10.8 Å². The Kier molecular flexibility index (Phi) is 7.14. The number of halogens is 1. The first kappa shape index (κ1) is 22.9. The van der Waals surface area contributed by atoms with Gasteiger partial charge in [-0.3, -0.25) is 9.59 Å². The third-order valence-corrected chi connectivity index (χ3v) is 5.56. The number of thiazole rings is 1. The summed E-state index contributed by atoms with van der Waals surface area (Å²) in [6.07, 6.45) is 1.74. The smallest absolute Gasteiger partial charge is 0.262 e. The van der Waals surface area contributed by atoms with Crippen molar-refractivity contribution < 1.29 is 23.5 Å². The predicted molar refractivity (Wildman–Crippen MR) is 129 cm³/mol. The topological polar surface area (TPSA) is 89.6 Å². The van der Waals surface area contributed by atoms with Gasteiger partial charge in [-0.1, -0.05) is 0 Å². The Morgan fingerprint density at radius 1 is 0.941 bits per heavy atom. The van der Waals surface area contributed by atoms with E-state index in [1.807, 2.05) is 29.6 Å². The lowest BCUT2D eigenvalue weighted by Gasteiger charge is -2.13. The van der Waals surface area contributed by atoms with E-state index >= 15 is 0 Å². The highest BCUT2D eigenvalue weighted by molar-refractivity contribution is 7.13. The van der Waals surface area contributed by atoms with Crippen molar-refractivity contribution in [2.75, 3.05) is 24.4 Å². The zero-order chi connectivity index (χ0) is 23.9. The number of ether oxygens (including phenoxy) is 2. The molecule has 3 aromatic carbocycles. The molecule has 0 aliphatic heterocycles. The summed E-state index contributed by atoms with van der Waals surface area (Å²) in [5.74, 6) is -0.518. The van der Waals surface area contributed by atoms with Gasteiger partial charge in [0.05, 0.1) is 7.11 Å². The molecule has 1 aromatic heterocycles. The van der Waals surface area contributed by atoms with Crippen LogP contribution in [0.5, 0.6) is 11.5 Å². The minimum atomic E-state index is -0.420. The number of aromatic nitrogens is 1. The first-order valence-electron chi connectivity index (χ1n) is 10.2. The molecule has 7 nitrogen and oxygen atoms in total. The van der Waals surface area contributed by atoms with Crippen molar-refractivity contribution in [1.29, 1.82) is 0 Å². The first-order chi connectivity index (χ1) is 16.5. The monoisotopic (exact) mass is 477 g/mol. The van der Waals surface area contributed by atoms with E-state index in [1.165, 1.54) is 37.4 Å². The number of carbonyl (C=O) groups is 2. The number of hydrogen-bond acceptors (Lipinski definition) is 6. The SMILES string of the molecule is COc1cc(C(=O)Nc2ccc(-c3nccs3)cc2)ccc1OCC(=O)Nc1ccc(F)cc1. The van der Waals surface area contributed by atoms with E-state index in [0.29, 0.717) is 28.4 Å². The maximum atomic E-state index is 13.0. The molecule has 0 bridgehead atoms. The molecule has 0 aliphatic carbocycles. The highest BCUT2D eigenvalue weighted by Crippen LogP contribution is 2.29. The van der Waals surface area contributed by atoms with E-state index in [9.17, 15) is 14.0 Å². The number of carbonyl (C=O) groups excluding carboxylic acids is 2. The van der Waals surface area contributed by atoms with Crippen LogP contribution in [0.2, 0.25) is 0 Å². The van der Waals surface area contributed by atoms with E-state index in [-0.39, 0.29) is 12.5 Å². The molecule has 4 aromatic rings. The molecule has 0 atom stereocenters. The van der Waals surface area contributed by atoms with E-state index in [1.54, 1.807) is 29.7 Å². The summed E-state index contributed by atoms with van der Waals surface area (Å²) in [6, 6.07) is 17.5. The molecule has 0 spiro atoms. The van der Waals surface area contributed by atoms with Crippen molar-refractivity contribution in [1.82, 2.24) is 4.98 Å². The Balaban J connectivity index is 1.36. The number of nitrogens with zero attached hydrogens (tertiary/aromatic N) is 1. The molecule has 0 radical (unpaired) electrons. The van der Waals surface area contributed by atoms with Crippen molar-refractivity contribution in [3.05, 3.63) is 89.7 Å². The molecule has 2 amide bonds. The molecule has 2 N–H and O–H groups in total. The summed E-state index contributed by atoms with van der Waals surface area (Å²) in [6.45, 7) is -0.287. The molecule has 9 heteroatoms. The van der Waals surface area contributed by atoms with Crippen molar-refractivity contribution in [3.8, 4) is 22.1 Å². The maximum Gasteiger partial charge on any atom is 0.262 e. The lowest BCUT2D eigenvalue weighted by Crippen LogP contribution is -2.20. The third kappa shape index (κ3) is 5.76. The molecule has 34 heavy (non-hydrogen) atoms. The van der Waals surface area contributed by atoms with Gasteiger partial charge in [-0.2, -0.15) is 0 Å². The molecule has 0 saturated carbocycles. The molecule has 172 valence electrons. The highest BCUT2D eigenvalue weighted by atomic mass is 32.1.